The molecule has 0 fully saturated rings. The third kappa shape index (κ3) is 3.48. The third-order valence-corrected chi connectivity index (χ3v) is 5.45. The first kappa shape index (κ1) is 15.1. The predicted octanol–water partition coefficient (Wildman–Crippen LogP) is 3.54. The van der Waals surface area contributed by atoms with E-state index in [2.05, 4.69) is 10.2 Å². The Hall–Kier alpha value is -1.86. The quantitative estimate of drug-likeness (QED) is 0.642. The van der Waals surface area contributed by atoms with Gasteiger partial charge in [-0.25, -0.2) is 0 Å². The molecular formula is C15H14N2O3S2. The van der Waals surface area contributed by atoms with Gasteiger partial charge in [-0.15, -0.1) is 10.2 Å². The van der Waals surface area contributed by atoms with Crippen LogP contribution in [-0.2, 0) is 10.8 Å². The van der Waals surface area contributed by atoms with Crippen molar-refractivity contribution in [3.63, 3.8) is 0 Å². The first-order valence-electron chi connectivity index (χ1n) is 6.68. The van der Waals surface area contributed by atoms with Crippen LogP contribution in [0.25, 0.3) is 11.5 Å². The molecule has 0 saturated carbocycles. The van der Waals surface area contributed by atoms with Crippen LogP contribution in [0.2, 0.25) is 0 Å². The van der Waals surface area contributed by atoms with Crippen LogP contribution in [0.5, 0.6) is 0 Å². The highest BCUT2D eigenvalue weighted by Crippen LogP contribution is 2.26. The summed E-state index contributed by atoms with van der Waals surface area (Å²) in [5, 5.41) is 8.46. The zero-order valence-corrected chi connectivity index (χ0v) is 13.5. The minimum atomic E-state index is -1.01. The SMILES string of the molecule is Cc1occc1-c1nnc(SCCS(=O)c2ccccc2)o1. The number of furan rings is 1. The molecule has 5 nitrogen and oxygen atoms in total. The minimum Gasteiger partial charge on any atom is -0.469 e. The number of hydrogen-bond acceptors (Lipinski definition) is 6. The number of thioether (sulfide) groups is 1. The first-order valence-corrected chi connectivity index (χ1v) is 8.98. The van der Waals surface area contributed by atoms with Crippen molar-refractivity contribution in [3.8, 4) is 11.5 Å². The summed E-state index contributed by atoms with van der Waals surface area (Å²) in [7, 11) is -1.01. The van der Waals surface area contributed by atoms with E-state index in [-0.39, 0.29) is 0 Å². The zero-order chi connectivity index (χ0) is 15.4. The average Bonchev–Trinajstić information content (AvgIpc) is 3.17. The number of aryl methyl sites for hydroxylation is 1. The van der Waals surface area contributed by atoms with Gasteiger partial charge in [-0.1, -0.05) is 30.0 Å². The Balaban J connectivity index is 1.56. The van der Waals surface area contributed by atoms with Gasteiger partial charge in [0.05, 0.1) is 22.6 Å². The molecule has 2 aromatic heterocycles. The van der Waals surface area contributed by atoms with E-state index in [0.717, 1.165) is 16.2 Å². The van der Waals surface area contributed by atoms with Gasteiger partial charge in [0.2, 0.25) is 0 Å². The third-order valence-electron chi connectivity index (χ3n) is 3.00. The summed E-state index contributed by atoms with van der Waals surface area (Å²) in [6, 6.07) is 11.2. The van der Waals surface area contributed by atoms with Gasteiger partial charge >= 0.3 is 0 Å². The van der Waals surface area contributed by atoms with Gasteiger partial charge in [0.1, 0.15) is 5.76 Å². The van der Waals surface area contributed by atoms with E-state index < -0.39 is 10.8 Å². The summed E-state index contributed by atoms with van der Waals surface area (Å²) in [6.45, 7) is 1.84. The molecule has 22 heavy (non-hydrogen) atoms. The Labute approximate surface area is 134 Å². The second-order valence-corrected chi connectivity index (χ2v) is 7.09. The van der Waals surface area contributed by atoms with E-state index in [1.54, 1.807) is 12.3 Å². The van der Waals surface area contributed by atoms with Gasteiger partial charge in [0.15, 0.2) is 0 Å². The van der Waals surface area contributed by atoms with Crippen molar-refractivity contribution in [2.45, 2.75) is 17.0 Å². The van der Waals surface area contributed by atoms with Crippen molar-refractivity contribution in [1.82, 2.24) is 10.2 Å². The standard InChI is InChI=1S/C15H14N2O3S2/c1-11-13(7-8-19-11)14-16-17-15(20-14)21-9-10-22(18)12-5-3-2-4-6-12/h2-8H,9-10H2,1H3. The molecule has 0 aliphatic rings. The van der Waals surface area contributed by atoms with Gasteiger partial charge in [0.25, 0.3) is 11.1 Å². The van der Waals surface area contributed by atoms with E-state index in [0.29, 0.717) is 22.6 Å². The number of rotatable bonds is 6. The van der Waals surface area contributed by atoms with Crippen molar-refractivity contribution < 1.29 is 13.0 Å². The topological polar surface area (TPSA) is 69.1 Å². The predicted molar refractivity (Wildman–Crippen MR) is 85.2 cm³/mol. The van der Waals surface area contributed by atoms with E-state index >= 15 is 0 Å². The molecule has 1 unspecified atom stereocenters. The summed E-state index contributed by atoms with van der Waals surface area (Å²) in [5.41, 5.74) is 0.798. The molecule has 0 amide bonds. The second-order valence-electron chi connectivity index (χ2n) is 4.47. The van der Waals surface area contributed by atoms with Crippen LogP contribution >= 0.6 is 11.8 Å². The van der Waals surface area contributed by atoms with Crippen LogP contribution in [-0.4, -0.2) is 25.9 Å². The van der Waals surface area contributed by atoms with E-state index in [9.17, 15) is 4.21 Å². The fraction of sp³-hybridized carbons (Fsp3) is 0.200. The Bertz CT molecular complexity index is 768. The largest absolute Gasteiger partial charge is 0.469 e. The average molecular weight is 334 g/mol. The number of aromatic nitrogens is 2. The van der Waals surface area contributed by atoms with Crippen molar-refractivity contribution in [3.05, 3.63) is 48.4 Å². The maximum Gasteiger partial charge on any atom is 0.276 e. The molecule has 3 aromatic rings. The zero-order valence-electron chi connectivity index (χ0n) is 11.9. The molecule has 114 valence electrons. The van der Waals surface area contributed by atoms with Crippen LogP contribution < -0.4 is 0 Å². The highest BCUT2D eigenvalue weighted by Gasteiger charge is 2.13. The van der Waals surface area contributed by atoms with E-state index in [1.165, 1.54) is 11.8 Å². The summed E-state index contributed by atoms with van der Waals surface area (Å²) >= 11 is 1.40. The van der Waals surface area contributed by atoms with Crippen LogP contribution in [0.1, 0.15) is 5.76 Å². The van der Waals surface area contributed by atoms with E-state index in [1.807, 2.05) is 37.3 Å². The van der Waals surface area contributed by atoms with Crippen molar-refractivity contribution in [2.75, 3.05) is 11.5 Å². The van der Waals surface area contributed by atoms with Gasteiger partial charge in [-0.05, 0) is 25.1 Å². The maximum atomic E-state index is 12.1. The van der Waals surface area contributed by atoms with Gasteiger partial charge in [-0.3, -0.25) is 4.21 Å². The molecule has 7 heteroatoms. The Morgan fingerprint density at radius 1 is 1.18 bits per heavy atom. The lowest BCUT2D eigenvalue weighted by Gasteiger charge is -2.00. The second kappa shape index (κ2) is 6.93. The number of hydrogen-bond donors (Lipinski definition) is 0. The molecule has 0 saturated heterocycles. The smallest absolute Gasteiger partial charge is 0.276 e. The highest BCUT2D eigenvalue weighted by atomic mass is 32.2. The molecule has 1 atom stereocenters. The molecule has 0 bridgehead atoms. The summed E-state index contributed by atoms with van der Waals surface area (Å²) in [6.07, 6.45) is 1.59. The molecule has 2 heterocycles. The van der Waals surface area contributed by atoms with E-state index in [4.69, 9.17) is 8.83 Å². The monoisotopic (exact) mass is 334 g/mol. The Morgan fingerprint density at radius 3 is 2.73 bits per heavy atom. The van der Waals surface area contributed by atoms with Gasteiger partial charge < -0.3 is 8.83 Å². The van der Waals surface area contributed by atoms with Crippen molar-refractivity contribution >= 4 is 22.6 Å². The Kier molecular flexibility index (Phi) is 4.74. The molecule has 3 rings (SSSR count). The number of benzene rings is 1. The van der Waals surface area contributed by atoms with Crippen molar-refractivity contribution in [1.29, 1.82) is 0 Å². The lowest BCUT2D eigenvalue weighted by Crippen LogP contribution is -2.00. The lowest BCUT2D eigenvalue weighted by molar-refractivity contribution is 0.463. The summed E-state index contributed by atoms with van der Waals surface area (Å²) in [5.74, 6) is 2.37. The van der Waals surface area contributed by atoms with Crippen molar-refractivity contribution in [2.24, 2.45) is 0 Å². The van der Waals surface area contributed by atoms with Crippen LogP contribution in [0.4, 0.5) is 0 Å². The highest BCUT2D eigenvalue weighted by molar-refractivity contribution is 8.00. The van der Waals surface area contributed by atoms with Crippen LogP contribution in [0, 0.1) is 6.92 Å². The summed E-state index contributed by atoms with van der Waals surface area (Å²) < 4.78 is 22.9. The van der Waals surface area contributed by atoms with Gasteiger partial charge in [-0.2, -0.15) is 0 Å². The molecule has 0 radical (unpaired) electrons. The molecule has 0 N–H and O–H groups in total. The molecule has 0 aliphatic heterocycles. The molecule has 0 aliphatic carbocycles. The molecule has 0 spiro atoms. The lowest BCUT2D eigenvalue weighted by atomic mass is 10.3. The van der Waals surface area contributed by atoms with Crippen LogP contribution in [0.15, 0.2) is 61.6 Å². The van der Waals surface area contributed by atoms with Crippen LogP contribution in [0.3, 0.4) is 0 Å². The first-order chi connectivity index (χ1) is 10.7. The Morgan fingerprint density at radius 2 is 2.00 bits per heavy atom. The molecular weight excluding hydrogens is 320 g/mol. The minimum absolute atomic E-state index is 0.443. The summed E-state index contributed by atoms with van der Waals surface area (Å²) in [4.78, 5) is 0.836. The normalized spacial score (nSPS) is 12.4. The van der Waals surface area contributed by atoms with Gasteiger partial charge in [0, 0.05) is 16.4 Å². The fourth-order valence-electron chi connectivity index (χ4n) is 1.88. The molecule has 1 aromatic carbocycles. The fourth-order valence-corrected chi connectivity index (χ4v) is 3.92. The number of nitrogens with zero attached hydrogens (tertiary/aromatic N) is 2. The maximum absolute atomic E-state index is 12.1.